The van der Waals surface area contributed by atoms with E-state index in [1.54, 1.807) is 39.5 Å². The number of hydrogen-bond acceptors (Lipinski definition) is 25. The molecule has 6 saturated heterocycles. The summed E-state index contributed by atoms with van der Waals surface area (Å²) in [5.41, 5.74) is -2.39. The largest absolute Gasteiger partial charge is 1.00 e. The summed E-state index contributed by atoms with van der Waals surface area (Å²) in [5.74, 6) is 3.21. The van der Waals surface area contributed by atoms with Gasteiger partial charge in [0.25, 0.3) is 0 Å². The van der Waals surface area contributed by atoms with Crippen LogP contribution in [0.4, 0.5) is 28.8 Å². The Hall–Kier alpha value is -4.27. The second-order valence-electron chi connectivity index (χ2n) is 34.6. The number of nitrogens with zero attached hydrogens (tertiary/aromatic N) is 10. The van der Waals surface area contributed by atoms with Gasteiger partial charge in [-0.05, 0) is 319 Å². The van der Waals surface area contributed by atoms with Crippen molar-refractivity contribution in [3.8, 4) is 0 Å². The molecule has 0 spiro atoms. The van der Waals surface area contributed by atoms with Crippen LogP contribution < -0.4 is 64.4 Å². The number of ether oxygens (including phenoxy) is 6. The zero-order valence-corrected chi connectivity index (χ0v) is 87.9. The Bertz CT molecular complexity index is 3920. The normalized spacial score (nSPS) is 22.7. The van der Waals surface area contributed by atoms with Crippen molar-refractivity contribution in [1.82, 2.24) is 74.6 Å². The number of carbonyl (C=O) groups is 10. The summed E-state index contributed by atoms with van der Waals surface area (Å²) >= 11 is 8.77. The number of aldehydes is 3. The molecule has 6 fully saturated rings. The molecule has 42 heteroatoms. The number of likely N-dealkylation sites (tertiary alicyclic amines) is 6. The monoisotopic (exact) mass is 2180 g/mol. The number of aromatic amines is 4. The number of nitrogens with one attached hydrogen (secondary N) is 5. The van der Waals surface area contributed by atoms with Crippen LogP contribution in [0.15, 0.2) is 24.8 Å². The molecule has 6 aliphatic heterocycles. The molecule has 10 rings (SSSR count). The number of alkyl carbamates (subject to hydrolysis) is 1. The van der Waals surface area contributed by atoms with Gasteiger partial charge in [0.1, 0.15) is 71.0 Å². The maximum atomic E-state index is 13.1. The summed E-state index contributed by atoms with van der Waals surface area (Å²) in [6, 6.07) is -0.183. The van der Waals surface area contributed by atoms with E-state index in [-0.39, 0.29) is 193 Å². The fourth-order valence-electron chi connectivity index (χ4n) is 13.7. The van der Waals surface area contributed by atoms with Gasteiger partial charge in [-0.2, -0.15) is 11.0 Å². The van der Waals surface area contributed by atoms with Crippen molar-refractivity contribution in [2.24, 2.45) is 5.92 Å². The number of carbonyl (C=O) groups excluding carboxylic acids is 10. The number of H-pyrrole nitrogens is 4. The number of imidazole rings is 4. The van der Waals surface area contributed by atoms with Crippen molar-refractivity contribution >= 4 is 163 Å². The molecule has 120 heavy (non-hydrogen) atoms. The number of aliphatic hydroxyl groups is 1. The Labute approximate surface area is 807 Å². The van der Waals surface area contributed by atoms with Gasteiger partial charge >= 0.3 is 95.7 Å². The molecule has 0 aromatic carbocycles. The van der Waals surface area contributed by atoms with Gasteiger partial charge in [-0.25, -0.2) is 48.7 Å². The third kappa shape index (κ3) is 38.1. The molecule has 0 bridgehead atoms. The maximum absolute atomic E-state index is 13.1. The zero-order chi connectivity index (χ0) is 90.0. The molecule has 0 saturated carbocycles. The van der Waals surface area contributed by atoms with Crippen LogP contribution in [-0.4, -0.2) is 236 Å². The number of methoxy groups -OCH3 is 1. The Balaban J connectivity index is 0.000000707. The van der Waals surface area contributed by atoms with Crippen LogP contribution in [0.5, 0.6) is 0 Å². The molecule has 4 aromatic rings. The van der Waals surface area contributed by atoms with E-state index in [2.05, 4.69) is 154 Å². The molecule has 0 aliphatic carbocycles. The van der Waals surface area contributed by atoms with Gasteiger partial charge in [-0.15, -0.1) is 0 Å². The first kappa shape index (κ1) is 114. The number of rotatable bonds is 10. The second-order valence-corrected chi connectivity index (χ2v) is 39.4. The van der Waals surface area contributed by atoms with Gasteiger partial charge in [0, 0.05) is 48.6 Å². The second kappa shape index (κ2) is 52.1. The first-order valence-corrected chi connectivity index (χ1v) is 44.6. The first-order valence-electron chi connectivity index (χ1n) is 39.3. The molecular formula is C78H125I4N15Na2O20S. The van der Waals surface area contributed by atoms with Crippen LogP contribution in [0.3, 0.4) is 0 Å². The molecule has 13 atom stereocenters. The molecule has 6 aliphatic rings. The smallest absolute Gasteiger partial charge is 0.917 e. The molecule has 6 N–H and O–H groups in total. The summed E-state index contributed by atoms with van der Waals surface area (Å²) in [7, 11) is -1.82. The average molecular weight is 2180 g/mol. The van der Waals surface area contributed by atoms with E-state index in [1.807, 2.05) is 155 Å². The van der Waals surface area contributed by atoms with Crippen LogP contribution in [-0.2, 0) is 67.0 Å². The van der Waals surface area contributed by atoms with Crippen LogP contribution in [0, 0.1) is 20.7 Å². The minimum absolute atomic E-state index is 0. The predicted octanol–water partition coefficient (Wildman–Crippen LogP) is 9.43. The molecular weight excluding hydrogens is 2050 g/mol. The fourth-order valence-corrected chi connectivity index (χ4v) is 15.3. The van der Waals surface area contributed by atoms with E-state index >= 15 is 0 Å². The number of hydrogen-bond donors (Lipinski definition) is 6. The number of aromatic nitrogens is 8. The molecule has 0 radical (unpaired) electrons. The Morgan fingerprint density at radius 2 is 0.833 bits per heavy atom. The number of amides is 7. The Morgan fingerprint density at radius 1 is 0.508 bits per heavy atom. The van der Waals surface area contributed by atoms with Gasteiger partial charge in [0.2, 0.25) is 5.91 Å². The first-order chi connectivity index (χ1) is 54.5. The topological polar surface area (TPSA) is 450 Å². The van der Waals surface area contributed by atoms with Crippen LogP contribution in [0.1, 0.15) is 284 Å². The Morgan fingerprint density at radius 3 is 1.14 bits per heavy atom. The van der Waals surface area contributed by atoms with Crippen molar-refractivity contribution in [3.05, 3.63) is 62.9 Å². The van der Waals surface area contributed by atoms with Gasteiger partial charge in [-0.1, -0.05) is 13.8 Å². The summed E-state index contributed by atoms with van der Waals surface area (Å²) in [4.78, 5) is 154. The van der Waals surface area contributed by atoms with Crippen LogP contribution in [0.25, 0.3) is 0 Å². The molecule has 668 valence electrons. The fraction of sp³-hybridized carbons (Fsp3) is 0.718. The molecule has 0 unspecified atom stereocenters. The van der Waals surface area contributed by atoms with E-state index in [4.69, 9.17) is 51.4 Å². The maximum Gasteiger partial charge on any atom is 1.00 e. The minimum atomic E-state index is -3.11. The summed E-state index contributed by atoms with van der Waals surface area (Å²) in [6.45, 7) is 43.9. The van der Waals surface area contributed by atoms with E-state index in [1.165, 1.54) is 12.0 Å². The van der Waals surface area contributed by atoms with Gasteiger partial charge < -0.3 is 86.3 Å². The third-order valence-corrected chi connectivity index (χ3v) is 22.5. The SMILES string of the molecule is COC(=O)N[C@H](C(=O)N1[C@@H](C)CC[C@H]1c1ncc(I)[nH]1)C(C)C.C[C@H]1CC[C@@H](C=O)N1C(=O)OC(C)(C)C.C[C@H]1CC[C@@H](CO)N1C(=O)OC(C)(C)C.C[C@H]1CC[C@@H](c2nc(I)c(I)[nH]2)N1C(=O)OC(C)(C)C.C[C@H]1CC[C@@H](c2ncc(I)[nH]2)N1C(=O)OC(C)(C)C.C[C@H]1CC[C@@H](c2ncc[nH]2)N1C(=O)OC(C)(C)C.O=CC=O.O=[S-](=O)[O-].[Na+].[Na+]. The summed E-state index contributed by atoms with van der Waals surface area (Å²) in [6.07, 6.45) is 17.1. The third-order valence-electron chi connectivity index (χ3n) is 18.8. The summed E-state index contributed by atoms with van der Waals surface area (Å²) < 4.78 is 60.9. The van der Waals surface area contributed by atoms with Crippen molar-refractivity contribution in [2.75, 3.05) is 13.7 Å². The van der Waals surface area contributed by atoms with Crippen molar-refractivity contribution in [3.63, 3.8) is 0 Å². The van der Waals surface area contributed by atoms with E-state index < -0.39 is 51.1 Å². The predicted molar refractivity (Wildman–Crippen MR) is 472 cm³/mol. The minimum Gasteiger partial charge on any atom is -0.917 e. The van der Waals surface area contributed by atoms with E-state index in [0.29, 0.717) is 0 Å². The standard InChI is InChI=1S/C15H23IN4O3.C13H19I2N3O2.C13H20IN3O2.C13H21N3O2.C11H21NO3.C11H19NO3.C2H2O2.2Na.O3S/c1-8(2)12(19-15(22)23-4)14(21)20-9(3)5-6-10(20)13-17-7-11(16)18-13;1-7-5-6-8(11-16-9(14)10(15)17-11)18(7)12(19)20-13(2,3)4;1-8-5-6-9(11-15-7-10(14)16-11)17(8)12(18)19-13(2,3)4;1-9-5-6-10(11-14-7-8-15-11)16(9)12(17)18-13(2,3)4;2*1-8-5-6-9(7-13)12(8)10(14)15-11(2,3)4;3-1-2-4;;;1-4(2)3/h7-10,12H,5-6H2,1-4H3,(H,17,18)(H,19,22);7-8H,5-6H2,1-4H3,(H,16,17);7-9H,5-6H2,1-4H3,(H,15,16);7-10H,5-6H2,1-4H3,(H,14,15);8-9,13H,5-7H2,1-4H3;7-9H,5-6H2,1-4H3;1-2H;;;/q;;;;;;;2*+1;-2/t9-,10-,12-;7-,8-;8-,9-;9-,10-;2*8-,9-;;;;/m000000..../s1. The van der Waals surface area contributed by atoms with Gasteiger partial charge in [0.05, 0.1) is 69.8 Å². The zero-order valence-electron chi connectivity index (χ0n) is 74.4. The molecule has 7 amide bonds. The Kier molecular flexibility index (Phi) is 49.4. The van der Waals surface area contributed by atoms with Gasteiger partial charge in [-0.3, -0.25) is 34.0 Å². The summed E-state index contributed by atoms with van der Waals surface area (Å²) in [5, 5.41) is 11.8. The van der Waals surface area contributed by atoms with E-state index in [9.17, 15) is 38.4 Å². The van der Waals surface area contributed by atoms with E-state index in [0.717, 1.165) is 121 Å². The van der Waals surface area contributed by atoms with Crippen LogP contribution in [0.2, 0.25) is 0 Å². The molecule has 4 aromatic heterocycles. The van der Waals surface area contributed by atoms with Crippen molar-refractivity contribution in [2.45, 2.75) is 343 Å². The molecule has 35 nitrogen and oxygen atoms in total. The molecule has 10 heterocycles. The number of halogens is 4. The van der Waals surface area contributed by atoms with Gasteiger partial charge in [0.15, 0.2) is 12.6 Å². The number of aliphatic hydroxyl groups excluding tert-OH is 1. The average Bonchev–Trinajstić information content (AvgIpc) is 1.66. The van der Waals surface area contributed by atoms with Crippen LogP contribution >= 0.6 is 90.4 Å². The van der Waals surface area contributed by atoms with Crippen molar-refractivity contribution in [1.29, 1.82) is 0 Å². The quantitative estimate of drug-likeness (QED) is 0.0126. The van der Waals surface area contributed by atoms with Crippen molar-refractivity contribution < 1.29 is 154 Å².